The molecule has 2 rings (SSSR count). The first kappa shape index (κ1) is 16.1. The number of aryl methyl sites for hydroxylation is 1. The second-order valence-corrected chi connectivity index (χ2v) is 7.13. The fraction of sp³-hybridized carbons (Fsp3) is 0.615. The molecule has 0 saturated carbocycles. The molecule has 2 amide bonds. The number of thioether (sulfide) groups is 1. The van der Waals surface area contributed by atoms with Gasteiger partial charge in [-0.25, -0.2) is 14.6 Å². The number of amides is 2. The summed E-state index contributed by atoms with van der Waals surface area (Å²) in [5.41, 5.74) is 0.802. The van der Waals surface area contributed by atoms with Gasteiger partial charge in [-0.15, -0.1) is 23.1 Å². The zero-order valence-corrected chi connectivity index (χ0v) is 13.7. The smallest absolute Gasteiger partial charge is 0.327 e. The standard InChI is InChI=1S/C13H19N3O3S2/c1-3-4-11-16(10(7-21-11)12(17)18)13(19)14-5-9-6-20-8(2)15-9/h6,10-11H,3-5,7H2,1-2H3,(H,14,19)(H,17,18). The lowest BCUT2D eigenvalue weighted by molar-refractivity contribution is -0.141. The number of aromatic nitrogens is 1. The second-order valence-electron chi connectivity index (χ2n) is 4.85. The van der Waals surface area contributed by atoms with Crippen LogP contribution in [0.15, 0.2) is 5.38 Å². The fourth-order valence-corrected chi connectivity index (χ4v) is 4.37. The van der Waals surface area contributed by atoms with Crippen LogP contribution in [0.5, 0.6) is 0 Å². The lowest BCUT2D eigenvalue weighted by Crippen LogP contribution is -2.50. The molecule has 116 valence electrons. The third kappa shape index (κ3) is 3.88. The Morgan fingerprint density at radius 1 is 1.57 bits per heavy atom. The quantitative estimate of drug-likeness (QED) is 0.866. The van der Waals surface area contributed by atoms with E-state index in [-0.39, 0.29) is 11.4 Å². The van der Waals surface area contributed by atoms with E-state index in [0.717, 1.165) is 23.5 Å². The summed E-state index contributed by atoms with van der Waals surface area (Å²) in [6, 6.07) is -1.07. The van der Waals surface area contributed by atoms with Gasteiger partial charge in [0.1, 0.15) is 6.04 Å². The van der Waals surface area contributed by atoms with Gasteiger partial charge in [0.2, 0.25) is 0 Å². The summed E-state index contributed by atoms with van der Waals surface area (Å²) in [5.74, 6) is -0.496. The van der Waals surface area contributed by atoms with E-state index in [1.807, 2.05) is 19.2 Å². The monoisotopic (exact) mass is 329 g/mol. The maximum Gasteiger partial charge on any atom is 0.327 e. The van der Waals surface area contributed by atoms with E-state index in [1.54, 1.807) is 0 Å². The number of thiazole rings is 1. The molecule has 1 aromatic rings. The van der Waals surface area contributed by atoms with Crippen molar-refractivity contribution in [3.63, 3.8) is 0 Å². The van der Waals surface area contributed by atoms with E-state index in [1.165, 1.54) is 28.0 Å². The highest BCUT2D eigenvalue weighted by atomic mass is 32.2. The highest BCUT2D eigenvalue weighted by Crippen LogP contribution is 2.32. The van der Waals surface area contributed by atoms with Gasteiger partial charge in [0.25, 0.3) is 0 Å². The van der Waals surface area contributed by atoms with Crippen LogP contribution in [-0.4, -0.2) is 44.2 Å². The minimum atomic E-state index is -0.944. The summed E-state index contributed by atoms with van der Waals surface area (Å²) in [6.45, 7) is 4.27. The first-order valence-electron chi connectivity index (χ1n) is 6.84. The number of hydrogen-bond acceptors (Lipinski definition) is 5. The van der Waals surface area contributed by atoms with E-state index in [0.29, 0.717) is 12.3 Å². The number of rotatable bonds is 5. The van der Waals surface area contributed by atoms with E-state index >= 15 is 0 Å². The number of nitrogens with zero attached hydrogens (tertiary/aromatic N) is 2. The molecule has 1 aliphatic rings. The van der Waals surface area contributed by atoms with Crippen LogP contribution in [0.1, 0.15) is 30.5 Å². The molecule has 1 aromatic heterocycles. The minimum absolute atomic E-state index is 0.0618. The molecule has 2 atom stereocenters. The predicted octanol–water partition coefficient (Wildman–Crippen LogP) is 2.29. The molecule has 1 fully saturated rings. The molecular weight excluding hydrogens is 310 g/mol. The molecule has 21 heavy (non-hydrogen) atoms. The molecule has 0 aliphatic carbocycles. The third-order valence-corrected chi connectivity index (χ3v) is 5.41. The molecule has 2 N–H and O–H groups in total. The van der Waals surface area contributed by atoms with Gasteiger partial charge in [-0.2, -0.15) is 0 Å². The van der Waals surface area contributed by atoms with Crippen molar-refractivity contribution in [3.05, 3.63) is 16.1 Å². The predicted molar refractivity (Wildman–Crippen MR) is 83.5 cm³/mol. The zero-order chi connectivity index (χ0) is 15.4. The Balaban J connectivity index is 2.00. The number of carbonyl (C=O) groups is 2. The topological polar surface area (TPSA) is 82.5 Å². The maximum absolute atomic E-state index is 12.3. The molecule has 6 nitrogen and oxygen atoms in total. The minimum Gasteiger partial charge on any atom is -0.480 e. The Labute approximate surface area is 131 Å². The lowest BCUT2D eigenvalue weighted by Gasteiger charge is -2.27. The zero-order valence-electron chi connectivity index (χ0n) is 12.0. The summed E-state index contributed by atoms with van der Waals surface area (Å²) in [5, 5.41) is 14.8. The molecule has 1 aliphatic heterocycles. The van der Waals surface area contributed by atoms with Crippen molar-refractivity contribution >= 4 is 35.1 Å². The molecule has 2 heterocycles. The van der Waals surface area contributed by atoms with Crippen molar-refractivity contribution in [2.75, 3.05) is 5.75 Å². The Morgan fingerprint density at radius 3 is 2.90 bits per heavy atom. The second kappa shape index (κ2) is 7.13. The number of urea groups is 1. The maximum atomic E-state index is 12.3. The van der Waals surface area contributed by atoms with Gasteiger partial charge in [0.05, 0.1) is 22.6 Å². The Morgan fingerprint density at radius 2 is 2.33 bits per heavy atom. The van der Waals surface area contributed by atoms with Crippen molar-refractivity contribution in [2.24, 2.45) is 0 Å². The van der Waals surface area contributed by atoms with Crippen molar-refractivity contribution < 1.29 is 14.7 Å². The van der Waals surface area contributed by atoms with Gasteiger partial charge >= 0.3 is 12.0 Å². The number of aliphatic carboxylic acids is 1. The summed E-state index contributed by atoms with van der Waals surface area (Å²) in [4.78, 5) is 29.4. The van der Waals surface area contributed by atoms with E-state index in [2.05, 4.69) is 10.3 Å². The number of carboxylic acids is 1. The first-order valence-corrected chi connectivity index (χ1v) is 8.77. The highest BCUT2D eigenvalue weighted by molar-refractivity contribution is 8.00. The molecule has 0 aromatic carbocycles. The van der Waals surface area contributed by atoms with Crippen LogP contribution in [-0.2, 0) is 11.3 Å². The molecule has 8 heteroatoms. The molecule has 1 saturated heterocycles. The Kier molecular flexibility index (Phi) is 5.46. The van der Waals surface area contributed by atoms with Gasteiger partial charge < -0.3 is 10.4 Å². The van der Waals surface area contributed by atoms with Crippen LogP contribution >= 0.6 is 23.1 Å². The van der Waals surface area contributed by atoms with Gasteiger partial charge in [-0.1, -0.05) is 13.3 Å². The van der Waals surface area contributed by atoms with Gasteiger partial charge in [0, 0.05) is 11.1 Å². The molecule has 0 radical (unpaired) electrons. The third-order valence-electron chi connectivity index (χ3n) is 3.24. The Bertz CT molecular complexity index is 521. The summed E-state index contributed by atoms with van der Waals surface area (Å²) >= 11 is 3.06. The van der Waals surface area contributed by atoms with E-state index in [9.17, 15) is 14.7 Å². The SMILES string of the molecule is CCCC1SCC(C(=O)O)N1C(=O)NCc1csc(C)n1. The van der Waals surface area contributed by atoms with Crippen molar-refractivity contribution in [1.82, 2.24) is 15.2 Å². The number of hydrogen-bond donors (Lipinski definition) is 2. The van der Waals surface area contributed by atoms with Crippen molar-refractivity contribution in [2.45, 2.75) is 44.6 Å². The van der Waals surface area contributed by atoms with Gasteiger partial charge in [-0.3, -0.25) is 4.90 Å². The van der Waals surface area contributed by atoms with Crippen LogP contribution in [0, 0.1) is 6.92 Å². The first-order chi connectivity index (χ1) is 10.0. The van der Waals surface area contributed by atoms with Crippen molar-refractivity contribution in [1.29, 1.82) is 0 Å². The molecule has 0 spiro atoms. The van der Waals surface area contributed by atoms with E-state index in [4.69, 9.17) is 0 Å². The fourth-order valence-electron chi connectivity index (χ4n) is 2.24. The van der Waals surface area contributed by atoms with Crippen LogP contribution in [0.3, 0.4) is 0 Å². The van der Waals surface area contributed by atoms with Crippen LogP contribution in [0.4, 0.5) is 4.79 Å². The normalized spacial score (nSPS) is 21.5. The van der Waals surface area contributed by atoms with Gasteiger partial charge in [-0.05, 0) is 13.3 Å². The van der Waals surface area contributed by atoms with Crippen LogP contribution in [0.25, 0.3) is 0 Å². The average molecular weight is 329 g/mol. The summed E-state index contributed by atoms with van der Waals surface area (Å²) < 4.78 is 0. The lowest BCUT2D eigenvalue weighted by atomic mass is 10.2. The van der Waals surface area contributed by atoms with E-state index < -0.39 is 12.0 Å². The highest BCUT2D eigenvalue weighted by Gasteiger charge is 2.41. The summed E-state index contributed by atoms with van der Waals surface area (Å²) in [6.07, 6.45) is 1.72. The number of carbonyl (C=O) groups excluding carboxylic acids is 1. The average Bonchev–Trinajstić information content (AvgIpc) is 3.03. The molecular formula is C13H19N3O3S2. The molecule has 2 unspecified atom stereocenters. The molecule has 0 bridgehead atoms. The van der Waals surface area contributed by atoms with Crippen molar-refractivity contribution in [3.8, 4) is 0 Å². The number of nitrogens with one attached hydrogen (secondary N) is 1. The number of carboxylic acid groups (broad SMARTS) is 1. The Hall–Kier alpha value is -1.28. The largest absolute Gasteiger partial charge is 0.480 e. The summed E-state index contributed by atoms with van der Waals surface area (Å²) in [7, 11) is 0. The van der Waals surface area contributed by atoms with Gasteiger partial charge in [0.15, 0.2) is 0 Å². The van der Waals surface area contributed by atoms with Crippen LogP contribution in [0.2, 0.25) is 0 Å². The van der Waals surface area contributed by atoms with Crippen LogP contribution < -0.4 is 5.32 Å².